The zero-order valence-electron chi connectivity index (χ0n) is 12.2. The number of hydrogen-bond acceptors (Lipinski definition) is 2. The minimum Gasteiger partial charge on any atom is -0.508 e. The molecule has 1 heterocycles. The van der Waals surface area contributed by atoms with E-state index in [9.17, 15) is 18.7 Å². The van der Waals surface area contributed by atoms with Gasteiger partial charge in [0.05, 0.1) is 0 Å². The molecule has 5 heteroatoms. The molecular formula is C16H21F2NO2. The molecule has 116 valence electrons. The predicted octanol–water partition coefficient (Wildman–Crippen LogP) is 3.53. The number of alkyl halides is 2. The van der Waals surface area contributed by atoms with Gasteiger partial charge in [-0.15, -0.1) is 0 Å². The largest absolute Gasteiger partial charge is 0.508 e. The second-order valence-corrected chi connectivity index (χ2v) is 5.82. The predicted molar refractivity (Wildman–Crippen MR) is 76.5 cm³/mol. The number of amides is 1. The van der Waals surface area contributed by atoms with Gasteiger partial charge in [0.1, 0.15) is 5.75 Å². The Kier molecular flexibility index (Phi) is 4.80. The summed E-state index contributed by atoms with van der Waals surface area (Å²) in [6.07, 6.45) is 1.19. The van der Waals surface area contributed by atoms with E-state index in [2.05, 4.69) is 0 Å². The highest BCUT2D eigenvalue weighted by Crippen LogP contribution is 2.29. The lowest BCUT2D eigenvalue weighted by molar-refractivity contribution is -0.134. The van der Waals surface area contributed by atoms with Crippen LogP contribution in [0.25, 0.3) is 0 Å². The smallest absolute Gasteiger partial charge is 0.245 e. The molecule has 0 unspecified atom stereocenters. The molecular weight excluding hydrogens is 276 g/mol. The number of rotatable bonds is 4. The van der Waals surface area contributed by atoms with Crippen LogP contribution in [0.1, 0.15) is 44.1 Å². The SMILES string of the molecule is CC(F)(F)CCC(=O)N1CCC(c2ccc(O)cc2)CC1. The van der Waals surface area contributed by atoms with Crippen LogP contribution in [-0.4, -0.2) is 34.9 Å². The molecule has 0 atom stereocenters. The van der Waals surface area contributed by atoms with Crippen LogP contribution in [0, 0.1) is 0 Å². The average molecular weight is 297 g/mol. The lowest BCUT2D eigenvalue weighted by atomic mass is 9.89. The normalized spacial score (nSPS) is 17.0. The summed E-state index contributed by atoms with van der Waals surface area (Å²) in [5, 5.41) is 9.28. The van der Waals surface area contributed by atoms with E-state index in [0.717, 1.165) is 25.3 Å². The maximum Gasteiger partial charge on any atom is 0.245 e. The molecule has 1 amide bonds. The summed E-state index contributed by atoms with van der Waals surface area (Å²) in [6.45, 7) is 2.07. The number of benzene rings is 1. The monoisotopic (exact) mass is 297 g/mol. The van der Waals surface area contributed by atoms with Gasteiger partial charge in [0.15, 0.2) is 0 Å². The van der Waals surface area contributed by atoms with Crippen molar-refractivity contribution >= 4 is 5.91 Å². The second-order valence-electron chi connectivity index (χ2n) is 5.82. The van der Waals surface area contributed by atoms with Crippen molar-refractivity contribution in [1.29, 1.82) is 0 Å². The van der Waals surface area contributed by atoms with Gasteiger partial charge in [-0.05, 0) is 43.4 Å². The van der Waals surface area contributed by atoms with Gasteiger partial charge < -0.3 is 10.0 Å². The minimum atomic E-state index is -2.78. The summed E-state index contributed by atoms with van der Waals surface area (Å²) in [6, 6.07) is 7.12. The fraction of sp³-hybridized carbons (Fsp3) is 0.562. The number of phenolic OH excluding ortho intramolecular Hbond substituents is 1. The number of aromatic hydroxyl groups is 1. The summed E-state index contributed by atoms with van der Waals surface area (Å²) in [4.78, 5) is 13.6. The number of piperidine rings is 1. The number of carbonyl (C=O) groups excluding carboxylic acids is 1. The zero-order valence-corrected chi connectivity index (χ0v) is 12.2. The van der Waals surface area contributed by atoms with Crippen molar-refractivity contribution < 1.29 is 18.7 Å². The third-order valence-corrected chi connectivity index (χ3v) is 3.99. The van der Waals surface area contributed by atoms with E-state index in [1.165, 1.54) is 0 Å². The fourth-order valence-electron chi connectivity index (χ4n) is 2.69. The average Bonchev–Trinajstić information content (AvgIpc) is 2.45. The number of phenols is 1. The molecule has 1 aromatic rings. The molecule has 1 aliphatic heterocycles. The van der Waals surface area contributed by atoms with E-state index < -0.39 is 5.92 Å². The van der Waals surface area contributed by atoms with Gasteiger partial charge in [-0.3, -0.25) is 4.79 Å². The maximum atomic E-state index is 12.8. The number of hydrogen-bond donors (Lipinski definition) is 1. The number of halogens is 2. The van der Waals surface area contributed by atoms with E-state index in [4.69, 9.17) is 0 Å². The Balaban J connectivity index is 1.82. The highest BCUT2D eigenvalue weighted by Gasteiger charge is 2.27. The molecule has 0 spiro atoms. The Morgan fingerprint density at radius 2 is 1.86 bits per heavy atom. The first-order valence-electron chi connectivity index (χ1n) is 7.30. The van der Waals surface area contributed by atoms with E-state index in [1.807, 2.05) is 12.1 Å². The first kappa shape index (κ1) is 15.7. The molecule has 3 nitrogen and oxygen atoms in total. The molecule has 0 radical (unpaired) electrons. The Hall–Kier alpha value is -1.65. The standard InChI is InChI=1S/C16H21F2NO2/c1-16(17,18)9-6-15(21)19-10-7-13(8-11-19)12-2-4-14(20)5-3-12/h2-5,13,20H,6-11H2,1H3. The Labute approximate surface area is 123 Å². The molecule has 1 fully saturated rings. The quantitative estimate of drug-likeness (QED) is 0.923. The molecule has 21 heavy (non-hydrogen) atoms. The Morgan fingerprint density at radius 3 is 2.38 bits per heavy atom. The van der Waals surface area contributed by atoms with Gasteiger partial charge in [0.2, 0.25) is 11.8 Å². The molecule has 1 N–H and O–H groups in total. The molecule has 1 saturated heterocycles. The molecule has 0 saturated carbocycles. The van der Waals surface area contributed by atoms with E-state index in [1.54, 1.807) is 17.0 Å². The van der Waals surface area contributed by atoms with Crippen molar-refractivity contribution in [1.82, 2.24) is 4.90 Å². The van der Waals surface area contributed by atoms with Gasteiger partial charge in [-0.2, -0.15) is 0 Å². The molecule has 0 aliphatic carbocycles. The topological polar surface area (TPSA) is 40.5 Å². The summed E-state index contributed by atoms with van der Waals surface area (Å²) in [5.41, 5.74) is 1.15. The van der Waals surface area contributed by atoms with Crippen molar-refractivity contribution in [3.63, 3.8) is 0 Å². The van der Waals surface area contributed by atoms with Gasteiger partial charge in [-0.25, -0.2) is 8.78 Å². The van der Waals surface area contributed by atoms with Crippen molar-refractivity contribution in [2.75, 3.05) is 13.1 Å². The van der Waals surface area contributed by atoms with Crippen LogP contribution in [0.4, 0.5) is 8.78 Å². The van der Waals surface area contributed by atoms with Gasteiger partial charge in [0, 0.05) is 25.9 Å². The Bertz CT molecular complexity index is 474. The van der Waals surface area contributed by atoms with Gasteiger partial charge >= 0.3 is 0 Å². The van der Waals surface area contributed by atoms with E-state index in [0.29, 0.717) is 19.0 Å². The Morgan fingerprint density at radius 1 is 1.29 bits per heavy atom. The van der Waals surface area contributed by atoms with Crippen LogP contribution in [0.2, 0.25) is 0 Å². The lowest BCUT2D eigenvalue weighted by Gasteiger charge is -2.32. The number of likely N-dealkylation sites (tertiary alicyclic amines) is 1. The van der Waals surface area contributed by atoms with Crippen LogP contribution in [0.3, 0.4) is 0 Å². The van der Waals surface area contributed by atoms with E-state index >= 15 is 0 Å². The summed E-state index contributed by atoms with van der Waals surface area (Å²) < 4.78 is 25.5. The first-order valence-corrected chi connectivity index (χ1v) is 7.30. The number of nitrogens with zero attached hydrogens (tertiary/aromatic N) is 1. The third-order valence-electron chi connectivity index (χ3n) is 3.99. The van der Waals surface area contributed by atoms with Crippen molar-refractivity contribution in [2.45, 2.75) is 44.4 Å². The highest BCUT2D eigenvalue weighted by molar-refractivity contribution is 5.76. The van der Waals surface area contributed by atoms with Crippen LogP contribution < -0.4 is 0 Å². The summed E-state index contributed by atoms with van der Waals surface area (Å²) >= 11 is 0. The van der Waals surface area contributed by atoms with Crippen molar-refractivity contribution in [3.8, 4) is 5.75 Å². The number of carbonyl (C=O) groups is 1. The van der Waals surface area contributed by atoms with E-state index in [-0.39, 0.29) is 24.5 Å². The lowest BCUT2D eigenvalue weighted by Crippen LogP contribution is -2.38. The molecule has 1 aliphatic rings. The minimum absolute atomic E-state index is 0.0899. The third kappa shape index (κ3) is 4.69. The fourth-order valence-corrected chi connectivity index (χ4v) is 2.69. The first-order chi connectivity index (χ1) is 9.85. The molecule has 1 aromatic carbocycles. The van der Waals surface area contributed by atoms with Gasteiger partial charge in [0.25, 0.3) is 0 Å². The van der Waals surface area contributed by atoms with Crippen LogP contribution in [-0.2, 0) is 4.79 Å². The van der Waals surface area contributed by atoms with Crippen LogP contribution in [0.5, 0.6) is 5.75 Å². The summed E-state index contributed by atoms with van der Waals surface area (Å²) in [5.74, 6) is -2.35. The second kappa shape index (κ2) is 6.41. The summed E-state index contributed by atoms with van der Waals surface area (Å²) in [7, 11) is 0. The van der Waals surface area contributed by atoms with Gasteiger partial charge in [-0.1, -0.05) is 12.1 Å². The van der Waals surface area contributed by atoms with Crippen LogP contribution in [0.15, 0.2) is 24.3 Å². The maximum absolute atomic E-state index is 12.8. The highest BCUT2D eigenvalue weighted by atomic mass is 19.3. The van der Waals surface area contributed by atoms with Crippen molar-refractivity contribution in [2.24, 2.45) is 0 Å². The molecule has 0 bridgehead atoms. The molecule has 2 rings (SSSR count). The molecule has 0 aromatic heterocycles. The van der Waals surface area contributed by atoms with Crippen molar-refractivity contribution in [3.05, 3.63) is 29.8 Å². The van der Waals surface area contributed by atoms with Crippen LogP contribution >= 0.6 is 0 Å². The zero-order chi connectivity index (χ0) is 15.5.